The number of rotatable bonds is 6. The van der Waals surface area contributed by atoms with Crippen LogP contribution in [0.25, 0.3) is 0 Å². The third kappa shape index (κ3) is 5.48. The van der Waals surface area contributed by atoms with Crippen molar-refractivity contribution in [2.24, 2.45) is 0 Å². The van der Waals surface area contributed by atoms with Gasteiger partial charge in [-0.2, -0.15) is 0 Å². The summed E-state index contributed by atoms with van der Waals surface area (Å²) in [5, 5.41) is 12.1. The van der Waals surface area contributed by atoms with Crippen LogP contribution in [0.1, 0.15) is 32.6 Å². The van der Waals surface area contributed by atoms with E-state index < -0.39 is 6.10 Å². The van der Waals surface area contributed by atoms with Gasteiger partial charge in [-0.05, 0) is 32.6 Å². The van der Waals surface area contributed by atoms with E-state index in [4.69, 9.17) is 9.47 Å². The van der Waals surface area contributed by atoms with Gasteiger partial charge in [-0.3, -0.25) is 4.79 Å². The number of carbonyl (C=O) groups is 1. The Kier molecular flexibility index (Phi) is 6.47. The van der Waals surface area contributed by atoms with Crippen LogP contribution in [0.15, 0.2) is 0 Å². The van der Waals surface area contributed by atoms with Crippen molar-refractivity contribution >= 4 is 5.91 Å². The van der Waals surface area contributed by atoms with E-state index in [9.17, 15) is 9.90 Å². The molecule has 0 radical (unpaired) electrons. The number of aliphatic hydroxyl groups excluding tert-OH is 1. The molecular weight excluding hydrogens is 222 g/mol. The molecule has 2 N–H and O–H groups in total. The Hall–Kier alpha value is -0.650. The van der Waals surface area contributed by atoms with E-state index in [1.807, 2.05) is 0 Å². The summed E-state index contributed by atoms with van der Waals surface area (Å²) in [7, 11) is 1.60. The highest BCUT2D eigenvalue weighted by Crippen LogP contribution is 2.21. The molecule has 0 saturated heterocycles. The lowest BCUT2D eigenvalue weighted by Crippen LogP contribution is -2.39. The summed E-state index contributed by atoms with van der Waals surface area (Å²) in [4.78, 5) is 11.6. The molecular formula is C12H23NO4. The van der Waals surface area contributed by atoms with Crippen LogP contribution in [0.5, 0.6) is 0 Å². The highest BCUT2D eigenvalue weighted by atomic mass is 16.5. The molecule has 0 spiro atoms. The zero-order valence-electron chi connectivity index (χ0n) is 10.6. The second-order valence-electron chi connectivity index (χ2n) is 4.49. The Morgan fingerprint density at radius 3 is 2.65 bits per heavy atom. The maximum Gasteiger partial charge on any atom is 0.248 e. The van der Waals surface area contributed by atoms with Gasteiger partial charge in [0.1, 0.15) is 6.10 Å². The van der Waals surface area contributed by atoms with Gasteiger partial charge in [0.05, 0.1) is 18.8 Å². The van der Waals surface area contributed by atoms with E-state index in [-0.39, 0.29) is 18.1 Å². The van der Waals surface area contributed by atoms with E-state index in [1.165, 1.54) is 0 Å². The van der Waals surface area contributed by atoms with Gasteiger partial charge in [0.15, 0.2) is 0 Å². The summed E-state index contributed by atoms with van der Waals surface area (Å²) in [6.07, 6.45) is 2.66. The summed E-state index contributed by atoms with van der Waals surface area (Å²) in [6.45, 7) is 2.77. The number of hydrogen-bond donors (Lipinski definition) is 2. The van der Waals surface area contributed by atoms with Gasteiger partial charge in [-0.25, -0.2) is 0 Å². The van der Waals surface area contributed by atoms with E-state index >= 15 is 0 Å². The van der Waals surface area contributed by atoms with Crippen molar-refractivity contribution in [3.63, 3.8) is 0 Å². The van der Waals surface area contributed by atoms with Gasteiger partial charge < -0.3 is 19.9 Å². The van der Waals surface area contributed by atoms with E-state index in [0.29, 0.717) is 13.2 Å². The van der Waals surface area contributed by atoms with Crippen LogP contribution in [0.2, 0.25) is 0 Å². The van der Waals surface area contributed by atoms with E-state index in [2.05, 4.69) is 5.32 Å². The lowest BCUT2D eigenvalue weighted by atomic mass is 9.95. The number of ether oxygens (including phenoxy) is 2. The second-order valence-corrected chi connectivity index (χ2v) is 4.49. The van der Waals surface area contributed by atoms with Crippen LogP contribution in [0.4, 0.5) is 0 Å². The summed E-state index contributed by atoms with van der Waals surface area (Å²) in [5.74, 6) is -0.104. The fourth-order valence-electron chi connectivity index (χ4n) is 1.95. The minimum Gasteiger partial charge on any atom is -0.393 e. The first-order valence-corrected chi connectivity index (χ1v) is 6.23. The average Bonchev–Trinajstić information content (AvgIpc) is 2.32. The number of methoxy groups -OCH3 is 1. The maximum atomic E-state index is 11.6. The molecule has 5 nitrogen and oxygen atoms in total. The molecule has 5 heteroatoms. The number of hydrogen-bond acceptors (Lipinski definition) is 4. The van der Waals surface area contributed by atoms with Crippen LogP contribution in [0.3, 0.4) is 0 Å². The monoisotopic (exact) mass is 245 g/mol. The topological polar surface area (TPSA) is 67.8 Å². The standard InChI is InChI=1S/C12H23NO4/c1-9(12(15)13-7-8-16-2)17-11-5-3-10(14)4-6-11/h9-11,14H,3-8H2,1-2H3,(H,13,15). The normalized spacial score (nSPS) is 26.5. The Morgan fingerprint density at radius 1 is 1.41 bits per heavy atom. The maximum absolute atomic E-state index is 11.6. The molecule has 0 bridgehead atoms. The number of amides is 1. The van der Waals surface area contributed by atoms with Gasteiger partial charge in [-0.15, -0.1) is 0 Å². The molecule has 1 aliphatic rings. The van der Waals surface area contributed by atoms with E-state index in [1.54, 1.807) is 14.0 Å². The first-order chi connectivity index (χ1) is 8.13. The Morgan fingerprint density at radius 2 is 2.06 bits per heavy atom. The molecule has 1 saturated carbocycles. The highest BCUT2D eigenvalue weighted by Gasteiger charge is 2.23. The third-order valence-corrected chi connectivity index (χ3v) is 3.01. The SMILES string of the molecule is COCCNC(=O)C(C)OC1CCC(O)CC1. The molecule has 17 heavy (non-hydrogen) atoms. The molecule has 1 amide bonds. The highest BCUT2D eigenvalue weighted by molar-refractivity contribution is 5.80. The molecule has 100 valence electrons. The molecule has 1 aliphatic carbocycles. The van der Waals surface area contributed by atoms with Crippen molar-refractivity contribution in [2.45, 2.75) is 50.9 Å². The van der Waals surface area contributed by atoms with E-state index in [0.717, 1.165) is 25.7 Å². The van der Waals surface area contributed by atoms with Gasteiger partial charge in [0, 0.05) is 13.7 Å². The fraction of sp³-hybridized carbons (Fsp3) is 0.917. The minimum absolute atomic E-state index is 0.0987. The largest absolute Gasteiger partial charge is 0.393 e. The zero-order chi connectivity index (χ0) is 12.7. The van der Waals surface area contributed by atoms with Crippen molar-refractivity contribution in [2.75, 3.05) is 20.3 Å². The minimum atomic E-state index is -0.438. The molecule has 1 unspecified atom stereocenters. The number of aliphatic hydroxyl groups is 1. The summed E-state index contributed by atoms with van der Waals surface area (Å²) in [6, 6.07) is 0. The molecule has 0 aromatic rings. The number of carbonyl (C=O) groups excluding carboxylic acids is 1. The van der Waals surface area contributed by atoms with Crippen LogP contribution in [-0.4, -0.2) is 49.6 Å². The predicted octanol–water partition coefficient (Wildman–Crippen LogP) is 0.458. The molecule has 1 rings (SSSR count). The molecule has 0 aliphatic heterocycles. The van der Waals surface area contributed by atoms with Crippen molar-refractivity contribution in [3.8, 4) is 0 Å². The predicted molar refractivity (Wildman–Crippen MR) is 63.7 cm³/mol. The van der Waals surface area contributed by atoms with Crippen molar-refractivity contribution in [1.82, 2.24) is 5.32 Å². The fourth-order valence-corrected chi connectivity index (χ4v) is 1.95. The Bertz CT molecular complexity index is 227. The Labute approximate surface area is 102 Å². The second kappa shape index (κ2) is 7.63. The van der Waals surface area contributed by atoms with Crippen LogP contribution in [0, 0.1) is 0 Å². The summed E-state index contributed by atoms with van der Waals surface area (Å²) < 4.78 is 10.5. The van der Waals surface area contributed by atoms with Crippen LogP contribution >= 0.6 is 0 Å². The zero-order valence-corrected chi connectivity index (χ0v) is 10.6. The third-order valence-electron chi connectivity index (χ3n) is 3.01. The Balaban J connectivity index is 2.19. The smallest absolute Gasteiger partial charge is 0.248 e. The quantitative estimate of drug-likeness (QED) is 0.667. The van der Waals surface area contributed by atoms with Gasteiger partial charge >= 0.3 is 0 Å². The molecule has 0 aromatic heterocycles. The van der Waals surface area contributed by atoms with Gasteiger partial charge in [-0.1, -0.05) is 0 Å². The van der Waals surface area contributed by atoms with Crippen LogP contribution < -0.4 is 5.32 Å². The first kappa shape index (κ1) is 14.4. The molecule has 0 heterocycles. The van der Waals surface area contributed by atoms with Crippen molar-refractivity contribution < 1.29 is 19.4 Å². The number of nitrogens with one attached hydrogen (secondary N) is 1. The first-order valence-electron chi connectivity index (χ1n) is 6.23. The molecule has 1 fully saturated rings. The summed E-state index contributed by atoms with van der Waals surface area (Å²) in [5.41, 5.74) is 0. The lowest BCUT2D eigenvalue weighted by molar-refractivity contribution is -0.137. The molecule has 0 aromatic carbocycles. The van der Waals surface area contributed by atoms with Crippen molar-refractivity contribution in [3.05, 3.63) is 0 Å². The lowest BCUT2D eigenvalue weighted by Gasteiger charge is -2.27. The average molecular weight is 245 g/mol. The molecule has 1 atom stereocenters. The van der Waals surface area contributed by atoms with Gasteiger partial charge in [0.25, 0.3) is 0 Å². The summed E-state index contributed by atoms with van der Waals surface area (Å²) >= 11 is 0. The van der Waals surface area contributed by atoms with Gasteiger partial charge in [0.2, 0.25) is 5.91 Å². The van der Waals surface area contributed by atoms with Crippen molar-refractivity contribution in [1.29, 1.82) is 0 Å². The van der Waals surface area contributed by atoms with Crippen LogP contribution in [-0.2, 0) is 14.3 Å².